The van der Waals surface area contributed by atoms with Crippen molar-refractivity contribution in [3.8, 4) is 0 Å². The van der Waals surface area contributed by atoms with Crippen molar-refractivity contribution in [1.29, 1.82) is 0 Å². The van der Waals surface area contributed by atoms with Crippen molar-refractivity contribution in [2.24, 2.45) is 0 Å². The van der Waals surface area contributed by atoms with Crippen LogP contribution in [0.4, 0.5) is 0 Å². The molecule has 1 aromatic carbocycles. The highest BCUT2D eigenvalue weighted by Crippen LogP contribution is 2.23. The first-order chi connectivity index (χ1) is 10.2. The molecule has 0 spiro atoms. The first kappa shape index (κ1) is 14.5. The molecule has 1 N–H and O–H groups in total. The minimum atomic E-state index is -0.467. The number of aromatic nitrogens is 3. The molecule has 112 valence electrons. The summed E-state index contributed by atoms with van der Waals surface area (Å²) in [6, 6.07) is 7.83. The molecule has 1 saturated heterocycles. The van der Waals surface area contributed by atoms with E-state index in [-0.39, 0.29) is 0 Å². The second-order valence-corrected chi connectivity index (χ2v) is 5.91. The fourth-order valence-corrected chi connectivity index (χ4v) is 2.93. The Bertz CT molecular complexity index is 550. The number of benzene rings is 1. The normalized spacial score (nSPS) is 18.8. The van der Waals surface area contributed by atoms with Crippen LogP contribution >= 0.6 is 11.6 Å². The second kappa shape index (κ2) is 6.56. The maximum atomic E-state index is 10.3. The zero-order valence-electron chi connectivity index (χ0n) is 11.8. The van der Waals surface area contributed by atoms with Crippen LogP contribution in [0.3, 0.4) is 0 Å². The molecule has 21 heavy (non-hydrogen) atoms. The predicted molar refractivity (Wildman–Crippen MR) is 81.1 cm³/mol. The van der Waals surface area contributed by atoms with E-state index in [4.69, 9.17) is 11.6 Å². The highest BCUT2D eigenvalue weighted by atomic mass is 35.5. The lowest BCUT2D eigenvalue weighted by Gasteiger charge is -2.33. The van der Waals surface area contributed by atoms with Crippen molar-refractivity contribution in [2.75, 3.05) is 19.6 Å². The zero-order chi connectivity index (χ0) is 14.7. The first-order valence-corrected chi connectivity index (χ1v) is 7.60. The van der Waals surface area contributed by atoms with Crippen LogP contribution in [-0.4, -0.2) is 44.4 Å². The van der Waals surface area contributed by atoms with Gasteiger partial charge in [0.1, 0.15) is 12.7 Å². The number of rotatable bonds is 4. The molecular formula is C15H19ClN4O. The standard InChI is InChI=1S/C15H19ClN4O/c16-13-3-1-12(2-4-13)15(21)9-19-7-5-14(6-8-19)20-11-17-10-18-20/h1-4,10-11,14-15,21H,5-9H2. The molecule has 1 unspecified atom stereocenters. The van der Waals surface area contributed by atoms with Crippen LogP contribution < -0.4 is 0 Å². The van der Waals surface area contributed by atoms with Gasteiger partial charge in [-0.2, -0.15) is 5.10 Å². The molecule has 1 atom stereocenters. The quantitative estimate of drug-likeness (QED) is 0.942. The molecular weight excluding hydrogens is 288 g/mol. The number of hydrogen-bond donors (Lipinski definition) is 1. The average Bonchev–Trinajstić information content (AvgIpc) is 3.03. The fourth-order valence-electron chi connectivity index (χ4n) is 2.81. The Kier molecular flexibility index (Phi) is 4.53. The number of halogens is 1. The molecule has 1 aliphatic rings. The minimum absolute atomic E-state index is 0.427. The number of hydrogen-bond acceptors (Lipinski definition) is 4. The highest BCUT2D eigenvalue weighted by molar-refractivity contribution is 6.30. The zero-order valence-corrected chi connectivity index (χ0v) is 12.5. The van der Waals surface area contributed by atoms with Gasteiger partial charge in [-0.25, -0.2) is 9.67 Å². The van der Waals surface area contributed by atoms with Crippen molar-refractivity contribution in [1.82, 2.24) is 19.7 Å². The van der Waals surface area contributed by atoms with Gasteiger partial charge in [-0.05, 0) is 30.5 Å². The van der Waals surface area contributed by atoms with E-state index in [1.807, 2.05) is 28.9 Å². The van der Waals surface area contributed by atoms with E-state index >= 15 is 0 Å². The molecule has 2 aromatic rings. The summed E-state index contributed by atoms with van der Waals surface area (Å²) in [6.07, 6.45) is 4.97. The topological polar surface area (TPSA) is 54.2 Å². The van der Waals surface area contributed by atoms with Crippen LogP contribution in [0.15, 0.2) is 36.9 Å². The van der Waals surface area contributed by atoms with E-state index in [0.29, 0.717) is 17.6 Å². The van der Waals surface area contributed by atoms with E-state index < -0.39 is 6.10 Å². The average molecular weight is 307 g/mol. The lowest BCUT2D eigenvalue weighted by molar-refractivity contribution is 0.0889. The Hall–Kier alpha value is -1.43. The van der Waals surface area contributed by atoms with Crippen molar-refractivity contribution >= 4 is 11.6 Å². The molecule has 1 aliphatic heterocycles. The molecule has 3 rings (SSSR count). The Morgan fingerprint density at radius 1 is 1.24 bits per heavy atom. The van der Waals surface area contributed by atoms with Crippen molar-refractivity contribution in [3.05, 3.63) is 47.5 Å². The molecule has 0 saturated carbocycles. The van der Waals surface area contributed by atoms with E-state index in [1.54, 1.807) is 12.7 Å². The monoisotopic (exact) mass is 306 g/mol. The Balaban J connectivity index is 1.52. The van der Waals surface area contributed by atoms with Gasteiger partial charge in [0.25, 0.3) is 0 Å². The highest BCUT2D eigenvalue weighted by Gasteiger charge is 2.22. The summed E-state index contributed by atoms with van der Waals surface area (Å²) in [5.41, 5.74) is 0.915. The third-order valence-electron chi connectivity index (χ3n) is 4.05. The molecule has 5 nitrogen and oxygen atoms in total. The van der Waals surface area contributed by atoms with E-state index in [9.17, 15) is 5.11 Å². The third-order valence-corrected chi connectivity index (χ3v) is 4.31. The maximum absolute atomic E-state index is 10.3. The van der Waals surface area contributed by atoms with Crippen LogP contribution in [0.25, 0.3) is 0 Å². The lowest BCUT2D eigenvalue weighted by Crippen LogP contribution is -2.37. The lowest BCUT2D eigenvalue weighted by atomic mass is 10.0. The molecule has 1 aromatic heterocycles. The molecule has 1 fully saturated rings. The largest absolute Gasteiger partial charge is 0.387 e. The van der Waals surface area contributed by atoms with Gasteiger partial charge in [0.05, 0.1) is 12.1 Å². The van der Waals surface area contributed by atoms with Gasteiger partial charge in [-0.15, -0.1) is 0 Å². The summed E-state index contributed by atoms with van der Waals surface area (Å²) in [5, 5.41) is 15.2. The minimum Gasteiger partial charge on any atom is -0.387 e. The smallest absolute Gasteiger partial charge is 0.137 e. The van der Waals surface area contributed by atoms with Crippen LogP contribution in [0, 0.1) is 0 Å². The number of piperidine rings is 1. The number of aliphatic hydroxyl groups excluding tert-OH is 1. The van der Waals surface area contributed by atoms with Gasteiger partial charge in [-0.1, -0.05) is 23.7 Å². The van der Waals surface area contributed by atoms with Crippen molar-refractivity contribution in [3.63, 3.8) is 0 Å². The van der Waals surface area contributed by atoms with E-state index in [2.05, 4.69) is 15.0 Å². The summed E-state index contributed by atoms with van der Waals surface area (Å²) in [4.78, 5) is 6.30. The maximum Gasteiger partial charge on any atom is 0.137 e. The van der Waals surface area contributed by atoms with Gasteiger partial charge >= 0.3 is 0 Å². The van der Waals surface area contributed by atoms with Crippen LogP contribution in [-0.2, 0) is 0 Å². The molecule has 0 amide bonds. The first-order valence-electron chi connectivity index (χ1n) is 7.22. The van der Waals surface area contributed by atoms with Gasteiger partial charge in [0.15, 0.2) is 0 Å². The van der Waals surface area contributed by atoms with Gasteiger partial charge in [0.2, 0.25) is 0 Å². The predicted octanol–water partition coefficient (Wildman–Crippen LogP) is 2.30. The number of nitrogens with zero attached hydrogens (tertiary/aromatic N) is 4. The molecule has 0 aliphatic carbocycles. The van der Waals surface area contributed by atoms with Gasteiger partial charge in [-0.3, -0.25) is 0 Å². The Morgan fingerprint density at radius 2 is 1.95 bits per heavy atom. The summed E-state index contributed by atoms with van der Waals surface area (Å²) in [5.74, 6) is 0. The summed E-state index contributed by atoms with van der Waals surface area (Å²) >= 11 is 5.87. The molecule has 0 bridgehead atoms. The van der Waals surface area contributed by atoms with Crippen molar-refractivity contribution < 1.29 is 5.11 Å². The second-order valence-electron chi connectivity index (χ2n) is 5.47. The van der Waals surface area contributed by atoms with Crippen LogP contribution in [0.1, 0.15) is 30.6 Å². The van der Waals surface area contributed by atoms with E-state index in [0.717, 1.165) is 31.5 Å². The Morgan fingerprint density at radius 3 is 2.57 bits per heavy atom. The van der Waals surface area contributed by atoms with E-state index in [1.165, 1.54) is 0 Å². The molecule has 6 heteroatoms. The number of aliphatic hydroxyl groups is 1. The Labute approximate surface area is 129 Å². The van der Waals surface area contributed by atoms with Gasteiger partial charge < -0.3 is 10.0 Å². The SMILES string of the molecule is OC(CN1CCC(n2cncn2)CC1)c1ccc(Cl)cc1. The third kappa shape index (κ3) is 3.61. The summed E-state index contributed by atoms with van der Waals surface area (Å²) < 4.78 is 1.94. The van der Waals surface area contributed by atoms with Crippen LogP contribution in [0.2, 0.25) is 5.02 Å². The van der Waals surface area contributed by atoms with Crippen molar-refractivity contribution in [2.45, 2.75) is 25.0 Å². The number of β-amino-alcohol motifs (C(OH)–C–C–N with tert-alkyl or cyclic N) is 1. The summed E-state index contributed by atoms with van der Waals surface area (Å²) in [6.45, 7) is 2.59. The number of likely N-dealkylation sites (tertiary alicyclic amines) is 1. The summed E-state index contributed by atoms with van der Waals surface area (Å²) in [7, 11) is 0. The van der Waals surface area contributed by atoms with Crippen LogP contribution in [0.5, 0.6) is 0 Å². The molecule has 2 heterocycles. The fraction of sp³-hybridized carbons (Fsp3) is 0.467. The molecule has 0 radical (unpaired) electrons. The van der Waals surface area contributed by atoms with Gasteiger partial charge in [0, 0.05) is 24.7 Å².